The summed E-state index contributed by atoms with van der Waals surface area (Å²) in [6.07, 6.45) is 7.41. The fraction of sp³-hybridized carbons (Fsp3) is 0.500. The van der Waals surface area contributed by atoms with Crippen LogP contribution < -0.4 is 10.2 Å². The molecule has 0 bridgehead atoms. The van der Waals surface area contributed by atoms with Crippen LogP contribution in [0.25, 0.3) is 10.8 Å². The molecule has 2 aliphatic heterocycles. The molecule has 2 saturated heterocycles. The van der Waals surface area contributed by atoms with E-state index in [0.29, 0.717) is 6.04 Å². The Balaban J connectivity index is 1.50. The zero-order chi connectivity index (χ0) is 18.6. The first-order valence-corrected chi connectivity index (χ1v) is 10.5. The summed E-state index contributed by atoms with van der Waals surface area (Å²) in [5.74, 6) is 1.92. The van der Waals surface area contributed by atoms with Gasteiger partial charge in [0, 0.05) is 55.4 Å². The second kappa shape index (κ2) is 8.46. The van der Waals surface area contributed by atoms with E-state index in [9.17, 15) is 5.11 Å². The quantitative estimate of drug-likeness (QED) is 0.766. The molecule has 0 radical (unpaired) electrons. The summed E-state index contributed by atoms with van der Waals surface area (Å²) in [6.45, 7) is 7.60. The first kappa shape index (κ1) is 18.5. The fourth-order valence-electron chi connectivity index (χ4n) is 3.88. The van der Waals surface area contributed by atoms with Gasteiger partial charge in [0.25, 0.3) is 0 Å². The normalized spacial score (nSPS) is 20.1. The Morgan fingerprint density at radius 1 is 1.15 bits per heavy atom. The van der Waals surface area contributed by atoms with Crippen LogP contribution in [0.2, 0.25) is 0 Å². The standard InChI is InChI=1S/C20H27N5OS/c1-2-27-25-11-4-16(5-12-25)23-19-13-18-15(14-22-19)3-8-21-20(18)24-9-6-17(26)7-10-24/h2-3,8,13-14,16-17,26H,1,4-7,9-12H2,(H,22,23). The number of anilines is 2. The minimum atomic E-state index is -0.180. The third kappa shape index (κ3) is 4.36. The lowest BCUT2D eigenvalue weighted by molar-refractivity contribution is 0.145. The predicted molar refractivity (Wildman–Crippen MR) is 113 cm³/mol. The second-order valence-corrected chi connectivity index (χ2v) is 8.32. The van der Waals surface area contributed by atoms with Gasteiger partial charge >= 0.3 is 0 Å². The molecule has 2 aromatic rings. The lowest BCUT2D eigenvalue weighted by atomic mass is 10.1. The number of nitrogens with one attached hydrogen (secondary N) is 1. The van der Waals surface area contributed by atoms with Gasteiger partial charge in [-0.1, -0.05) is 18.5 Å². The van der Waals surface area contributed by atoms with E-state index in [4.69, 9.17) is 0 Å². The van der Waals surface area contributed by atoms with Crippen molar-refractivity contribution in [3.63, 3.8) is 0 Å². The molecule has 0 atom stereocenters. The molecule has 0 spiro atoms. The lowest BCUT2D eigenvalue weighted by Crippen LogP contribution is -2.36. The molecule has 27 heavy (non-hydrogen) atoms. The predicted octanol–water partition coefficient (Wildman–Crippen LogP) is 3.26. The van der Waals surface area contributed by atoms with Crippen molar-refractivity contribution in [3.8, 4) is 0 Å². The molecule has 2 fully saturated rings. The van der Waals surface area contributed by atoms with Gasteiger partial charge < -0.3 is 15.3 Å². The van der Waals surface area contributed by atoms with E-state index < -0.39 is 0 Å². The van der Waals surface area contributed by atoms with Crippen molar-refractivity contribution in [3.05, 3.63) is 36.5 Å². The average Bonchev–Trinajstić information content (AvgIpc) is 2.70. The van der Waals surface area contributed by atoms with Gasteiger partial charge in [0.05, 0.1) is 6.10 Å². The smallest absolute Gasteiger partial charge is 0.136 e. The number of hydrogen-bond donors (Lipinski definition) is 2. The van der Waals surface area contributed by atoms with Crippen molar-refractivity contribution in [1.82, 2.24) is 14.3 Å². The average molecular weight is 386 g/mol. The van der Waals surface area contributed by atoms with E-state index in [1.54, 1.807) is 11.9 Å². The van der Waals surface area contributed by atoms with Crippen LogP contribution in [-0.2, 0) is 0 Å². The molecule has 0 aliphatic carbocycles. The van der Waals surface area contributed by atoms with Gasteiger partial charge in [0.2, 0.25) is 0 Å². The van der Waals surface area contributed by atoms with Gasteiger partial charge in [-0.2, -0.15) is 0 Å². The van der Waals surface area contributed by atoms with Gasteiger partial charge in [0.1, 0.15) is 11.6 Å². The number of pyridine rings is 2. The molecule has 0 aromatic carbocycles. The molecule has 144 valence electrons. The summed E-state index contributed by atoms with van der Waals surface area (Å²) in [4.78, 5) is 11.5. The topological polar surface area (TPSA) is 64.5 Å². The molecule has 0 saturated carbocycles. The van der Waals surface area contributed by atoms with E-state index in [1.807, 2.05) is 23.9 Å². The van der Waals surface area contributed by atoms with Crippen LogP contribution in [0.15, 0.2) is 36.5 Å². The number of piperidine rings is 2. The third-order valence-electron chi connectivity index (χ3n) is 5.42. The van der Waals surface area contributed by atoms with E-state index in [0.717, 1.165) is 74.3 Å². The molecular weight excluding hydrogens is 358 g/mol. The SMILES string of the molecule is C=CSN1CCC(Nc2cc3c(N4CCC(O)CC4)nccc3cn2)CC1. The summed E-state index contributed by atoms with van der Waals surface area (Å²) in [5, 5.41) is 17.5. The van der Waals surface area contributed by atoms with E-state index in [-0.39, 0.29) is 6.10 Å². The number of aliphatic hydroxyl groups excluding tert-OH is 1. The number of rotatable bonds is 5. The Morgan fingerprint density at radius 3 is 2.67 bits per heavy atom. The van der Waals surface area contributed by atoms with Crippen LogP contribution in [0, 0.1) is 0 Å². The third-order valence-corrected chi connectivity index (χ3v) is 6.23. The van der Waals surface area contributed by atoms with Crippen molar-refractivity contribution < 1.29 is 5.11 Å². The van der Waals surface area contributed by atoms with Crippen LogP contribution in [0.1, 0.15) is 25.7 Å². The highest BCUT2D eigenvalue weighted by Crippen LogP contribution is 2.29. The van der Waals surface area contributed by atoms with E-state index in [1.165, 1.54) is 0 Å². The van der Waals surface area contributed by atoms with Gasteiger partial charge in [-0.15, -0.1) is 0 Å². The highest BCUT2D eigenvalue weighted by Gasteiger charge is 2.21. The molecule has 0 unspecified atom stereocenters. The van der Waals surface area contributed by atoms with E-state index >= 15 is 0 Å². The summed E-state index contributed by atoms with van der Waals surface area (Å²) in [7, 11) is 0. The molecule has 4 heterocycles. The second-order valence-electron chi connectivity index (χ2n) is 7.26. The van der Waals surface area contributed by atoms with Gasteiger partial charge in [-0.3, -0.25) is 0 Å². The number of aliphatic hydroxyl groups is 1. The molecule has 2 aromatic heterocycles. The van der Waals surface area contributed by atoms with Crippen LogP contribution in [-0.4, -0.2) is 57.7 Å². The number of fused-ring (bicyclic) bond motifs is 1. The van der Waals surface area contributed by atoms with Crippen molar-refractivity contribution in [2.75, 3.05) is 36.4 Å². The Labute approximate surface area is 164 Å². The van der Waals surface area contributed by atoms with Crippen LogP contribution in [0.4, 0.5) is 11.6 Å². The van der Waals surface area contributed by atoms with Gasteiger partial charge in [-0.25, -0.2) is 14.3 Å². The zero-order valence-electron chi connectivity index (χ0n) is 15.5. The molecule has 2 aliphatic rings. The largest absolute Gasteiger partial charge is 0.393 e. The first-order valence-electron chi connectivity index (χ1n) is 9.70. The van der Waals surface area contributed by atoms with Crippen molar-refractivity contribution >= 4 is 34.4 Å². The summed E-state index contributed by atoms with van der Waals surface area (Å²) >= 11 is 1.70. The Morgan fingerprint density at radius 2 is 1.93 bits per heavy atom. The molecule has 4 rings (SSSR count). The molecule has 7 heteroatoms. The summed E-state index contributed by atoms with van der Waals surface area (Å²) < 4.78 is 2.35. The minimum Gasteiger partial charge on any atom is -0.393 e. The van der Waals surface area contributed by atoms with Crippen LogP contribution in [0.3, 0.4) is 0 Å². The Hall–Kier alpha value is -1.83. The molecular formula is C20H27N5OS. The number of aromatic nitrogens is 2. The Bertz CT molecular complexity index is 785. The van der Waals surface area contributed by atoms with Crippen molar-refractivity contribution in [1.29, 1.82) is 0 Å². The van der Waals surface area contributed by atoms with Gasteiger partial charge in [0.15, 0.2) is 0 Å². The summed E-state index contributed by atoms with van der Waals surface area (Å²) in [5.41, 5.74) is 0. The maximum absolute atomic E-state index is 9.79. The molecule has 6 nitrogen and oxygen atoms in total. The minimum absolute atomic E-state index is 0.180. The first-order chi connectivity index (χ1) is 13.2. The van der Waals surface area contributed by atoms with Crippen LogP contribution >= 0.6 is 11.9 Å². The highest BCUT2D eigenvalue weighted by molar-refractivity contribution is 7.99. The Kier molecular flexibility index (Phi) is 5.80. The zero-order valence-corrected chi connectivity index (χ0v) is 16.4. The van der Waals surface area contributed by atoms with Gasteiger partial charge in [-0.05, 0) is 43.2 Å². The maximum atomic E-state index is 9.79. The lowest BCUT2D eigenvalue weighted by Gasteiger charge is -2.32. The number of nitrogens with zero attached hydrogens (tertiary/aromatic N) is 4. The highest BCUT2D eigenvalue weighted by atomic mass is 32.2. The fourth-order valence-corrected chi connectivity index (χ4v) is 4.51. The van der Waals surface area contributed by atoms with E-state index in [2.05, 4.69) is 37.1 Å². The van der Waals surface area contributed by atoms with Crippen LogP contribution in [0.5, 0.6) is 0 Å². The summed E-state index contributed by atoms with van der Waals surface area (Å²) in [6, 6.07) is 4.59. The number of hydrogen-bond acceptors (Lipinski definition) is 7. The molecule has 2 N–H and O–H groups in total. The maximum Gasteiger partial charge on any atom is 0.136 e. The van der Waals surface area contributed by atoms with Crippen molar-refractivity contribution in [2.45, 2.75) is 37.8 Å². The monoisotopic (exact) mass is 385 g/mol. The molecule has 0 amide bonds. The van der Waals surface area contributed by atoms with Crippen molar-refractivity contribution in [2.24, 2.45) is 0 Å².